The topological polar surface area (TPSA) is 76.1 Å². The largest absolute Gasteiger partial charge is 0.298 e. The third kappa shape index (κ3) is 4.65. The Balaban J connectivity index is 1.63. The molecule has 5 nitrogen and oxygen atoms in total. The zero-order chi connectivity index (χ0) is 21.5. The van der Waals surface area contributed by atoms with Crippen LogP contribution in [-0.4, -0.2) is 36.9 Å². The Morgan fingerprint density at radius 3 is 2.33 bits per heavy atom. The summed E-state index contributed by atoms with van der Waals surface area (Å²) in [5, 5.41) is 2.75. The standard InChI is InChI=1S/C20H19BrF2N2O3S2/c21-18-10-24-20(29-18)25-19(26)15(7-11-8-16(22)17(23)9-11)12-1-3-13(4-2-12)30(27,28)14-5-6-14/h1-4,7,10-11,14,16-17H,5-6,8-9H2,(H,24,25,26)/b15-7+. The summed E-state index contributed by atoms with van der Waals surface area (Å²) in [6.07, 6.45) is 1.39. The summed E-state index contributed by atoms with van der Waals surface area (Å²) in [6, 6.07) is 6.09. The lowest BCUT2D eigenvalue weighted by Gasteiger charge is -2.12. The molecule has 0 aliphatic heterocycles. The molecule has 2 fully saturated rings. The summed E-state index contributed by atoms with van der Waals surface area (Å²) in [5.41, 5.74) is 0.721. The molecule has 0 spiro atoms. The lowest BCUT2D eigenvalue weighted by molar-refractivity contribution is -0.111. The minimum atomic E-state index is -3.34. The Kier molecular flexibility index (Phi) is 6.09. The first-order valence-corrected chi connectivity index (χ1v) is 12.7. The number of nitrogens with zero attached hydrogens (tertiary/aromatic N) is 1. The van der Waals surface area contributed by atoms with Gasteiger partial charge in [0, 0.05) is 5.57 Å². The van der Waals surface area contributed by atoms with Gasteiger partial charge in [0.25, 0.3) is 5.91 Å². The number of sulfone groups is 1. The van der Waals surface area contributed by atoms with Crippen molar-refractivity contribution in [2.24, 2.45) is 5.92 Å². The number of anilines is 1. The fourth-order valence-electron chi connectivity index (χ4n) is 3.52. The molecule has 4 rings (SSSR count). The summed E-state index contributed by atoms with van der Waals surface area (Å²) in [4.78, 5) is 17.2. The number of nitrogens with one attached hydrogen (secondary N) is 1. The van der Waals surface area contributed by atoms with Crippen LogP contribution in [0.4, 0.5) is 13.9 Å². The summed E-state index contributed by atoms with van der Waals surface area (Å²) in [5.74, 6) is -0.888. The van der Waals surface area contributed by atoms with E-state index in [0.717, 1.165) is 3.79 Å². The van der Waals surface area contributed by atoms with E-state index in [9.17, 15) is 22.0 Å². The van der Waals surface area contributed by atoms with Gasteiger partial charge in [-0.3, -0.25) is 10.1 Å². The third-order valence-corrected chi connectivity index (χ3v) is 8.92. The van der Waals surface area contributed by atoms with Crippen LogP contribution in [0.5, 0.6) is 0 Å². The molecule has 30 heavy (non-hydrogen) atoms. The Hall–Kier alpha value is -1.65. The van der Waals surface area contributed by atoms with Crippen molar-refractivity contribution >= 4 is 53.7 Å². The molecule has 1 aromatic heterocycles. The number of hydrogen-bond acceptors (Lipinski definition) is 5. The quantitative estimate of drug-likeness (QED) is 0.551. The highest BCUT2D eigenvalue weighted by molar-refractivity contribution is 9.11. The van der Waals surface area contributed by atoms with Crippen LogP contribution in [0, 0.1) is 5.92 Å². The van der Waals surface area contributed by atoms with Gasteiger partial charge in [0.05, 0.1) is 20.1 Å². The van der Waals surface area contributed by atoms with E-state index in [-0.39, 0.29) is 28.6 Å². The Morgan fingerprint density at radius 1 is 1.17 bits per heavy atom. The van der Waals surface area contributed by atoms with Crippen LogP contribution in [0.25, 0.3) is 5.57 Å². The summed E-state index contributed by atoms with van der Waals surface area (Å²) < 4.78 is 52.9. The molecule has 1 heterocycles. The molecule has 2 aliphatic carbocycles. The molecule has 1 N–H and O–H groups in total. The molecule has 2 aliphatic rings. The molecule has 2 unspecified atom stereocenters. The minimum Gasteiger partial charge on any atom is -0.298 e. The van der Waals surface area contributed by atoms with Gasteiger partial charge >= 0.3 is 0 Å². The number of allylic oxidation sites excluding steroid dienone is 1. The number of thiazole rings is 1. The van der Waals surface area contributed by atoms with E-state index in [1.807, 2.05) is 0 Å². The average Bonchev–Trinajstić information content (AvgIpc) is 3.42. The minimum absolute atomic E-state index is 0.00882. The van der Waals surface area contributed by atoms with Gasteiger partial charge in [-0.1, -0.05) is 29.5 Å². The number of amides is 1. The molecule has 2 atom stereocenters. The lowest BCUT2D eigenvalue weighted by Crippen LogP contribution is -2.15. The van der Waals surface area contributed by atoms with Crippen molar-refractivity contribution in [3.05, 3.63) is 45.9 Å². The summed E-state index contributed by atoms with van der Waals surface area (Å²) >= 11 is 4.52. The number of carbonyl (C=O) groups is 1. The molecule has 10 heteroatoms. The van der Waals surface area contributed by atoms with E-state index in [1.165, 1.54) is 23.5 Å². The van der Waals surface area contributed by atoms with Crippen LogP contribution < -0.4 is 5.32 Å². The van der Waals surface area contributed by atoms with Crippen LogP contribution in [-0.2, 0) is 14.6 Å². The van der Waals surface area contributed by atoms with Crippen molar-refractivity contribution < 1.29 is 22.0 Å². The number of rotatable bonds is 6. The fourth-order valence-corrected chi connectivity index (χ4v) is 6.28. The van der Waals surface area contributed by atoms with Gasteiger partial charge in [0.2, 0.25) is 0 Å². The van der Waals surface area contributed by atoms with Gasteiger partial charge < -0.3 is 0 Å². The fraction of sp³-hybridized carbons (Fsp3) is 0.400. The molecular weight excluding hydrogens is 498 g/mol. The molecule has 1 amide bonds. The van der Waals surface area contributed by atoms with Crippen molar-refractivity contribution in [3.63, 3.8) is 0 Å². The Labute approximate surface area is 185 Å². The second kappa shape index (κ2) is 8.47. The average molecular weight is 517 g/mol. The maximum absolute atomic E-state index is 13.7. The zero-order valence-corrected chi connectivity index (χ0v) is 18.9. The highest BCUT2D eigenvalue weighted by Gasteiger charge is 2.37. The normalized spacial score (nSPS) is 24.8. The summed E-state index contributed by atoms with van der Waals surface area (Å²) in [6.45, 7) is 0. The molecule has 2 aromatic rings. The number of alkyl halides is 2. The van der Waals surface area contributed by atoms with E-state index in [1.54, 1.807) is 24.4 Å². The molecular formula is C20H19BrF2N2O3S2. The Morgan fingerprint density at radius 2 is 1.80 bits per heavy atom. The number of benzene rings is 1. The molecule has 0 bridgehead atoms. The van der Waals surface area contributed by atoms with E-state index in [0.29, 0.717) is 23.5 Å². The van der Waals surface area contributed by atoms with Gasteiger partial charge in [-0.2, -0.15) is 0 Å². The second-order valence-electron chi connectivity index (χ2n) is 7.54. The van der Waals surface area contributed by atoms with Crippen LogP contribution in [0.1, 0.15) is 31.2 Å². The SMILES string of the molecule is O=C(Nc1ncc(Br)s1)/C(=C/C1CC(F)C(F)C1)c1ccc(S(=O)(=O)C2CC2)cc1. The number of carbonyl (C=O) groups excluding carboxylic acids is 1. The number of halogens is 3. The van der Waals surface area contributed by atoms with Gasteiger partial charge in [0.15, 0.2) is 15.0 Å². The van der Waals surface area contributed by atoms with Crippen LogP contribution in [0.15, 0.2) is 45.2 Å². The van der Waals surface area contributed by atoms with Crippen LogP contribution in [0.3, 0.4) is 0 Å². The third-order valence-electron chi connectivity index (χ3n) is 5.25. The zero-order valence-electron chi connectivity index (χ0n) is 15.7. The number of hydrogen-bond donors (Lipinski definition) is 1. The van der Waals surface area contributed by atoms with E-state index >= 15 is 0 Å². The molecule has 0 saturated heterocycles. The smallest absolute Gasteiger partial charge is 0.257 e. The maximum Gasteiger partial charge on any atom is 0.257 e. The first-order valence-electron chi connectivity index (χ1n) is 9.51. The van der Waals surface area contributed by atoms with Gasteiger partial charge in [0.1, 0.15) is 12.3 Å². The molecule has 1 aromatic carbocycles. The Bertz CT molecular complexity index is 1070. The molecule has 0 radical (unpaired) electrons. The predicted molar refractivity (Wildman–Crippen MR) is 116 cm³/mol. The van der Waals surface area contributed by atoms with Crippen LogP contribution >= 0.6 is 27.3 Å². The first-order chi connectivity index (χ1) is 14.2. The number of aromatic nitrogens is 1. The van der Waals surface area contributed by atoms with E-state index < -0.39 is 34.0 Å². The highest BCUT2D eigenvalue weighted by atomic mass is 79.9. The highest BCUT2D eigenvalue weighted by Crippen LogP contribution is 2.36. The second-order valence-corrected chi connectivity index (χ2v) is 12.2. The molecule has 2 saturated carbocycles. The van der Waals surface area contributed by atoms with Crippen molar-refractivity contribution in [2.75, 3.05) is 5.32 Å². The van der Waals surface area contributed by atoms with Crippen molar-refractivity contribution in [1.82, 2.24) is 4.98 Å². The predicted octanol–water partition coefficient (Wildman–Crippen LogP) is 4.95. The van der Waals surface area contributed by atoms with Crippen molar-refractivity contribution in [1.29, 1.82) is 0 Å². The monoisotopic (exact) mass is 516 g/mol. The van der Waals surface area contributed by atoms with Crippen molar-refractivity contribution in [2.45, 2.75) is 48.2 Å². The van der Waals surface area contributed by atoms with Gasteiger partial charge in [-0.05, 0) is 65.2 Å². The van der Waals surface area contributed by atoms with E-state index in [4.69, 9.17) is 0 Å². The lowest BCUT2D eigenvalue weighted by atomic mass is 9.98. The van der Waals surface area contributed by atoms with E-state index in [2.05, 4.69) is 26.2 Å². The summed E-state index contributed by atoms with van der Waals surface area (Å²) in [7, 11) is -3.34. The van der Waals surface area contributed by atoms with Crippen molar-refractivity contribution in [3.8, 4) is 0 Å². The maximum atomic E-state index is 13.7. The molecule has 160 valence electrons. The van der Waals surface area contributed by atoms with Gasteiger partial charge in [-0.25, -0.2) is 22.2 Å². The first kappa shape index (κ1) is 21.6. The van der Waals surface area contributed by atoms with Gasteiger partial charge in [-0.15, -0.1) is 0 Å². The van der Waals surface area contributed by atoms with Crippen LogP contribution in [0.2, 0.25) is 0 Å².